The third-order valence-electron chi connectivity index (χ3n) is 2.76. The van der Waals surface area contributed by atoms with Crippen molar-refractivity contribution >= 4 is 16.7 Å². The van der Waals surface area contributed by atoms with E-state index < -0.39 is 38.6 Å². The average Bonchev–Trinajstić information content (AvgIpc) is 2.32. The molecule has 0 unspecified atom stereocenters. The predicted octanol–water partition coefficient (Wildman–Crippen LogP) is -1.46. The molecule has 0 bridgehead atoms. The summed E-state index contributed by atoms with van der Waals surface area (Å²) in [5, 5.41) is 19.9. The van der Waals surface area contributed by atoms with E-state index in [1.165, 1.54) is 7.05 Å². The summed E-state index contributed by atoms with van der Waals surface area (Å²) in [5.74, 6) is -1.06. The number of aromatic amines is 1. The lowest BCUT2D eigenvalue weighted by molar-refractivity contribution is -0.387. The zero-order chi connectivity index (χ0) is 14.5. The lowest BCUT2D eigenvalue weighted by Gasteiger charge is -2.07. The summed E-state index contributed by atoms with van der Waals surface area (Å²) in [6, 6.07) is 0. The number of nitrogens with one attached hydrogen (secondary N) is 1. The third-order valence-corrected chi connectivity index (χ3v) is 2.76. The first-order valence-electron chi connectivity index (χ1n) is 4.96. The second kappa shape index (κ2) is 3.80. The summed E-state index contributed by atoms with van der Waals surface area (Å²) in [4.78, 5) is 46.6. The van der Waals surface area contributed by atoms with Gasteiger partial charge in [-0.25, -0.2) is 4.79 Å². The Morgan fingerprint density at radius 1 is 1.21 bits per heavy atom. The Labute approximate surface area is 103 Å². The summed E-state index contributed by atoms with van der Waals surface area (Å²) in [7, 11) is 2.41. The molecular weight excluding hydrogens is 260 g/mol. The number of nitro groups is 1. The van der Waals surface area contributed by atoms with Crippen molar-refractivity contribution in [3.05, 3.63) is 41.3 Å². The van der Waals surface area contributed by atoms with E-state index >= 15 is 0 Å². The molecule has 0 saturated heterocycles. The molecule has 0 radical (unpaired) electrons. The molecule has 0 aliphatic carbocycles. The van der Waals surface area contributed by atoms with Crippen molar-refractivity contribution in [3.63, 3.8) is 0 Å². The van der Waals surface area contributed by atoms with Crippen LogP contribution in [-0.4, -0.2) is 24.1 Å². The van der Waals surface area contributed by atoms with E-state index in [9.17, 15) is 29.6 Å². The maximum atomic E-state index is 11.9. The van der Waals surface area contributed by atoms with Gasteiger partial charge in [-0.3, -0.25) is 28.8 Å². The van der Waals surface area contributed by atoms with Crippen LogP contribution in [0.2, 0.25) is 0 Å². The highest BCUT2D eigenvalue weighted by Crippen LogP contribution is 2.25. The number of H-pyrrole nitrogens is 1. The Bertz CT molecular complexity index is 887. The molecule has 0 aliphatic heterocycles. The standard InChI is InChI=1S/C9H8N4O6/c1-11-6-3(8(16)12(2)9(11)17)5(14)4(13(18)19)7(15)10-6/h1-2H3,(H2,10,14,15). The molecule has 0 aliphatic rings. The molecule has 0 saturated carbocycles. The number of pyridine rings is 1. The van der Waals surface area contributed by atoms with Gasteiger partial charge in [0, 0.05) is 14.1 Å². The van der Waals surface area contributed by atoms with Gasteiger partial charge in [0.1, 0.15) is 11.0 Å². The lowest BCUT2D eigenvalue weighted by Crippen LogP contribution is -2.38. The Morgan fingerprint density at radius 3 is 2.32 bits per heavy atom. The van der Waals surface area contributed by atoms with Crippen LogP contribution < -0.4 is 16.8 Å². The predicted molar refractivity (Wildman–Crippen MR) is 63.4 cm³/mol. The number of hydrogen-bond acceptors (Lipinski definition) is 6. The number of nitrogens with zero attached hydrogens (tertiary/aromatic N) is 3. The number of hydrogen-bond donors (Lipinski definition) is 2. The van der Waals surface area contributed by atoms with Crippen LogP contribution in [0, 0.1) is 10.1 Å². The van der Waals surface area contributed by atoms with Gasteiger partial charge in [-0.15, -0.1) is 0 Å². The van der Waals surface area contributed by atoms with Gasteiger partial charge in [-0.1, -0.05) is 0 Å². The molecule has 2 N–H and O–H groups in total. The zero-order valence-electron chi connectivity index (χ0n) is 9.83. The number of aromatic hydroxyl groups is 1. The molecule has 2 heterocycles. The topological polar surface area (TPSA) is 140 Å². The fraction of sp³-hybridized carbons (Fsp3) is 0.222. The Kier molecular flexibility index (Phi) is 2.51. The van der Waals surface area contributed by atoms with Gasteiger partial charge in [0.15, 0.2) is 0 Å². The minimum absolute atomic E-state index is 0.277. The molecule has 10 nitrogen and oxygen atoms in total. The molecule has 2 aromatic heterocycles. The van der Waals surface area contributed by atoms with Crippen molar-refractivity contribution in [1.29, 1.82) is 0 Å². The van der Waals surface area contributed by atoms with Crippen LogP contribution in [0.3, 0.4) is 0 Å². The van der Waals surface area contributed by atoms with E-state index in [0.29, 0.717) is 4.57 Å². The molecule has 100 valence electrons. The van der Waals surface area contributed by atoms with Crippen molar-refractivity contribution in [1.82, 2.24) is 14.1 Å². The monoisotopic (exact) mass is 268 g/mol. The molecule has 0 atom stereocenters. The summed E-state index contributed by atoms with van der Waals surface area (Å²) in [6.07, 6.45) is 0. The summed E-state index contributed by atoms with van der Waals surface area (Å²) >= 11 is 0. The minimum Gasteiger partial charge on any atom is -0.501 e. The summed E-state index contributed by atoms with van der Waals surface area (Å²) in [6.45, 7) is 0. The van der Waals surface area contributed by atoms with E-state index in [1.54, 1.807) is 0 Å². The second-order valence-electron chi connectivity index (χ2n) is 3.84. The molecular formula is C9H8N4O6. The molecule has 0 spiro atoms. The van der Waals surface area contributed by atoms with Crippen molar-refractivity contribution in [2.75, 3.05) is 0 Å². The van der Waals surface area contributed by atoms with E-state index in [1.807, 2.05) is 0 Å². The highest BCUT2D eigenvalue weighted by molar-refractivity contribution is 5.84. The molecule has 19 heavy (non-hydrogen) atoms. The first-order valence-corrected chi connectivity index (χ1v) is 4.96. The van der Waals surface area contributed by atoms with Crippen molar-refractivity contribution in [2.24, 2.45) is 14.1 Å². The van der Waals surface area contributed by atoms with Crippen LogP contribution in [0.15, 0.2) is 14.4 Å². The van der Waals surface area contributed by atoms with Crippen molar-refractivity contribution < 1.29 is 10.0 Å². The minimum atomic E-state index is -1.20. The second-order valence-corrected chi connectivity index (χ2v) is 3.84. The van der Waals surface area contributed by atoms with E-state index in [-0.39, 0.29) is 5.65 Å². The van der Waals surface area contributed by atoms with Crippen LogP contribution >= 0.6 is 0 Å². The van der Waals surface area contributed by atoms with Gasteiger partial charge >= 0.3 is 16.9 Å². The number of aromatic nitrogens is 3. The zero-order valence-corrected chi connectivity index (χ0v) is 9.83. The largest absolute Gasteiger partial charge is 0.501 e. The SMILES string of the molecule is Cn1c(=O)c2c(O)c([N+](=O)[O-])c(=O)[nH]c2n(C)c1=O. The quantitative estimate of drug-likeness (QED) is 0.478. The van der Waals surface area contributed by atoms with Crippen molar-refractivity contribution in [2.45, 2.75) is 0 Å². The van der Waals surface area contributed by atoms with Gasteiger partial charge in [0.25, 0.3) is 5.56 Å². The van der Waals surface area contributed by atoms with Crippen molar-refractivity contribution in [3.8, 4) is 5.75 Å². The summed E-state index contributed by atoms with van der Waals surface area (Å²) in [5.41, 5.74) is -4.28. The first kappa shape index (κ1) is 12.5. The molecule has 2 rings (SSSR count). The van der Waals surface area contributed by atoms with E-state index in [0.717, 1.165) is 11.6 Å². The molecule has 10 heteroatoms. The Hall–Kier alpha value is -2.91. The van der Waals surface area contributed by atoms with Crippen LogP contribution in [0.1, 0.15) is 0 Å². The number of fused-ring (bicyclic) bond motifs is 1. The van der Waals surface area contributed by atoms with Gasteiger partial charge in [-0.05, 0) is 0 Å². The van der Waals surface area contributed by atoms with Gasteiger partial charge in [0.2, 0.25) is 5.75 Å². The smallest absolute Gasteiger partial charge is 0.376 e. The lowest BCUT2D eigenvalue weighted by atomic mass is 10.2. The van der Waals surface area contributed by atoms with Crippen LogP contribution in [0.25, 0.3) is 11.0 Å². The Morgan fingerprint density at radius 2 is 1.79 bits per heavy atom. The first-order chi connectivity index (χ1) is 8.77. The molecule has 0 fully saturated rings. The molecule has 0 amide bonds. The van der Waals surface area contributed by atoms with E-state index in [2.05, 4.69) is 4.98 Å². The van der Waals surface area contributed by atoms with Gasteiger partial charge in [0.05, 0.1) is 4.92 Å². The highest BCUT2D eigenvalue weighted by Gasteiger charge is 2.26. The highest BCUT2D eigenvalue weighted by atomic mass is 16.6. The fourth-order valence-electron chi connectivity index (χ4n) is 1.77. The normalized spacial score (nSPS) is 10.8. The van der Waals surface area contributed by atoms with Gasteiger partial charge < -0.3 is 10.1 Å². The Balaban J connectivity index is 3.26. The molecule has 2 aromatic rings. The van der Waals surface area contributed by atoms with Crippen LogP contribution in [0.4, 0.5) is 5.69 Å². The fourth-order valence-corrected chi connectivity index (χ4v) is 1.77. The maximum absolute atomic E-state index is 11.9. The number of rotatable bonds is 1. The summed E-state index contributed by atoms with van der Waals surface area (Å²) < 4.78 is 1.58. The van der Waals surface area contributed by atoms with Crippen LogP contribution in [-0.2, 0) is 14.1 Å². The number of aryl methyl sites for hydroxylation is 1. The van der Waals surface area contributed by atoms with Gasteiger partial charge in [-0.2, -0.15) is 0 Å². The van der Waals surface area contributed by atoms with E-state index in [4.69, 9.17) is 0 Å². The molecule has 0 aromatic carbocycles. The average molecular weight is 268 g/mol. The van der Waals surface area contributed by atoms with Crippen LogP contribution in [0.5, 0.6) is 5.75 Å². The maximum Gasteiger partial charge on any atom is 0.376 e. The third kappa shape index (κ3) is 1.53.